The third kappa shape index (κ3) is 4.71. The molecule has 3 heterocycles. The van der Waals surface area contributed by atoms with Gasteiger partial charge in [-0.15, -0.1) is 11.3 Å². The number of piperidine rings is 2. The highest BCUT2D eigenvalue weighted by Gasteiger charge is 2.42. The summed E-state index contributed by atoms with van der Waals surface area (Å²) in [4.78, 5) is 3.34. The highest BCUT2D eigenvalue weighted by molar-refractivity contribution is 7.80. The lowest BCUT2D eigenvalue weighted by Crippen LogP contribution is -3.20. The largest absolute Gasteiger partial charge is 0.359 e. The Kier molecular flexibility index (Phi) is 5.81. The third-order valence-corrected chi connectivity index (χ3v) is 7.16. The smallest absolute Gasteiger partial charge is 0.171 e. The number of nitrogens with one attached hydrogen (secondary N) is 3. The molecule has 4 atom stereocenters. The first-order valence-corrected chi connectivity index (χ1v) is 11.4. The Labute approximate surface area is 172 Å². The third-order valence-electron chi connectivity index (χ3n) is 6.07. The molecule has 0 radical (unpaired) electrons. The Bertz CT molecular complexity index is 753. The van der Waals surface area contributed by atoms with Crippen molar-refractivity contribution in [2.75, 3.05) is 5.32 Å². The van der Waals surface area contributed by atoms with Crippen LogP contribution in [-0.2, 0) is 6.54 Å². The fourth-order valence-corrected chi connectivity index (χ4v) is 6.08. The van der Waals surface area contributed by atoms with Gasteiger partial charge in [0.2, 0.25) is 0 Å². The Hall–Kier alpha value is -1.43. The molecular weight excluding hydrogens is 370 g/mol. The van der Waals surface area contributed by atoms with E-state index in [1.807, 2.05) is 16.2 Å². The number of rotatable bonds is 4. The first-order valence-electron chi connectivity index (χ1n) is 10.1. The molecule has 1 aromatic carbocycles. The molecule has 144 valence electrons. The van der Waals surface area contributed by atoms with Gasteiger partial charge >= 0.3 is 0 Å². The summed E-state index contributed by atoms with van der Waals surface area (Å²) in [6.07, 6.45) is 6.55. The average Bonchev–Trinajstić information content (AvgIpc) is 3.07. The number of fused-ring (bicyclic) bond motifs is 2. The lowest BCUT2D eigenvalue weighted by Gasteiger charge is -2.46. The number of aryl methyl sites for hydroxylation is 2. The molecule has 2 bridgehead atoms. The van der Waals surface area contributed by atoms with Gasteiger partial charge in [-0.05, 0) is 80.0 Å². The summed E-state index contributed by atoms with van der Waals surface area (Å²) in [5.74, 6) is 0. The minimum atomic E-state index is 0.498. The van der Waals surface area contributed by atoms with Gasteiger partial charge < -0.3 is 15.5 Å². The van der Waals surface area contributed by atoms with E-state index in [-0.39, 0.29) is 0 Å². The van der Waals surface area contributed by atoms with E-state index in [1.165, 1.54) is 54.7 Å². The van der Waals surface area contributed by atoms with Gasteiger partial charge in [0, 0.05) is 24.6 Å². The molecule has 0 amide bonds. The van der Waals surface area contributed by atoms with Crippen molar-refractivity contribution in [3.05, 3.63) is 51.7 Å². The lowest BCUT2D eigenvalue weighted by atomic mass is 9.81. The monoisotopic (exact) mass is 400 g/mol. The standard InChI is InChI=1S/C22H29N3S2/c1-15-9-16(2)11-17(10-15)23-22(26)24-18-12-19-5-3-6-20(13-18)25(19)14-21-7-4-8-27-21/h4,7-11,18-20H,3,5-6,12-14H2,1-2H3,(H2,23,24,26)/p+1/t18?,19-,20+. The molecule has 0 aliphatic carbocycles. The van der Waals surface area contributed by atoms with Crippen molar-refractivity contribution in [1.82, 2.24) is 5.32 Å². The van der Waals surface area contributed by atoms with Crippen LogP contribution in [0.5, 0.6) is 0 Å². The number of anilines is 1. The van der Waals surface area contributed by atoms with E-state index in [9.17, 15) is 0 Å². The summed E-state index contributed by atoms with van der Waals surface area (Å²) in [6, 6.07) is 13.0. The van der Waals surface area contributed by atoms with Gasteiger partial charge in [0.05, 0.1) is 17.0 Å². The fraction of sp³-hybridized carbons (Fsp3) is 0.500. The summed E-state index contributed by atoms with van der Waals surface area (Å²) in [5, 5.41) is 10.00. The number of thiocarbonyl (C=S) groups is 1. The quantitative estimate of drug-likeness (QED) is 0.682. The second kappa shape index (κ2) is 8.29. The molecule has 3 N–H and O–H groups in total. The van der Waals surface area contributed by atoms with Crippen molar-refractivity contribution in [3.63, 3.8) is 0 Å². The molecule has 2 aromatic rings. The molecule has 4 rings (SSSR count). The maximum Gasteiger partial charge on any atom is 0.171 e. The zero-order chi connectivity index (χ0) is 18.8. The summed E-state index contributed by atoms with van der Waals surface area (Å²) in [6.45, 7) is 5.45. The Morgan fingerprint density at radius 2 is 1.85 bits per heavy atom. The average molecular weight is 401 g/mol. The second-order valence-corrected chi connectivity index (χ2v) is 9.74. The molecule has 2 unspecified atom stereocenters. The predicted molar refractivity (Wildman–Crippen MR) is 119 cm³/mol. The van der Waals surface area contributed by atoms with E-state index >= 15 is 0 Å². The van der Waals surface area contributed by atoms with Crippen molar-refractivity contribution in [1.29, 1.82) is 0 Å². The minimum absolute atomic E-state index is 0.498. The zero-order valence-electron chi connectivity index (χ0n) is 16.3. The highest BCUT2D eigenvalue weighted by Crippen LogP contribution is 2.23. The zero-order valence-corrected chi connectivity index (χ0v) is 17.9. The predicted octanol–water partition coefficient (Wildman–Crippen LogP) is 3.82. The number of thiophene rings is 1. The van der Waals surface area contributed by atoms with Crippen LogP contribution in [0.2, 0.25) is 0 Å². The van der Waals surface area contributed by atoms with Crippen LogP contribution in [0.1, 0.15) is 48.1 Å². The number of hydrogen-bond acceptors (Lipinski definition) is 2. The molecular formula is C22H30N3S2+. The number of quaternary nitrogens is 1. The normalized spacial score (nSPS) is 27.2. The minimum Gasteiger partial charge on any atom is -0.359 e. The molecule has 0 saturated carbocycles. The van der Waals surface area contributed by atoms with Crippen LogP contribution >= 0.6 is 23.6 Å². The van der Waals surface area contributed by atoms with E-state index in [0.717, 1.165) is 22.9 Å². The highest BCUT2D eigenvalue weighted by atomic mass is 32.1. The van der Waals surface area contributed by atoms with Crippen LogP contribution in [0.4, 0.5) is 5.69 Å². The molecule has 27 heavy (non-hydrogen) atoms. The molecule has 2 aliphatic heterocycles. The summed E-state index contributed by atoms with van der Waals surface area (Å²) >= 11 is 7.53. The van der Waals surface area contributed by atoms with Crippen molar-refractivity contribution >= 4 is 34.4 Å². The van der Waals surface area contributed by atoms with Crippen LogP contribution < -0.4 is 15.5 Å². The van der Waals surface area contributed by atoms with Crippen molar-refractivity contribution < 1.29 is 4.90 Å². The van der Waals surface area contributed by atoms with Crippen molar-refractivity contribution in [3.8, 4) is 0 Å². The summed E-state index contributed by atoms with van der Waals surface area (Å²) in [5.41, 5.74) is 3.62. The molecule has 2 aliphatic rings. The first-order chi connectivity index (χ1) is 13.1. The van der Waals surface area contributed by atoms with E-state index < -0.39 is 0 Å². The van der Waals surface area contributed by atoms with Gasteiger partial charge in [-0.1, -0.05) is 12.1 Å². The van der Waals surface area contributed by atoms with Crippen molar-refractivity contribution in [2.45, 2.75) is 70.6 Å². The van der Waals surface area contributed by atoms with E-state index in [2.05, 4.69) is 60.2 Å². The van der Waals surface area contributed by atoms with Gasteiger partial charge in [-0.3, -0.25) is 0 Å². The van der Waals surface area contributed by atoms with E-state index in [1.54, 1.807) is 0 Å². The maximum atomic E-state index is 5.63. The van der Waals surface area contributed by atoms with Gasteiger partial charge in [-0.25, -0.2) is 0 Å². The van der Waals surface area contributed by atoms with Gasteiger partial charge in [0.25, 0.3) is 0 Å². The molecule has 5 heteroatoms. The van der Waals surface area contributed by atoms with Crippen LogP contribution in [0.25, 0.3) is 0 Å². The molecule has 0 spiro atoms. The molecule has 1 aromatic heterocycles. The number of benzene rings is 1. The molecule has 2 fully saturated rings. The molecule has 3 nitrogen and oxygen atoms in total. The van der Waals surface area contributed by atoms with E-state index in [0.29, 0.717) is 6.04 Å². The van der Waals surface area contributed by atoms with Crippen LogP contribution in [-0.4, -0.2) is 23.2 Å². The first kappa shape index (κ1) is 18.9. The molecule has 2 saturated heterocycles. The Balaban J connectivity index is 1.36. The summed E-state index contributed by atoms with van der Waals surface area (Å²) < 4.78 is 0. The Morgan fingerprint density at radius 1 is 1.15 bits per heavy atom. The second-order valence-electron chi connectivity index (χ2n) is 8.30. The van der Waals surface area contributed by atoms with Gasteiger partial charge in [-0.2, -0.15) is 0 Å². The van der Waals surface area contributed by atoms with E-state index in [4.69, 9.17) is 12.2 Å². The topological polar surface area (TPSA) is 28.5 Å². The fourth-order valence-electron chi connectivity index (χ4n) is 5.06. The van der Waals surface area contributed by atoms with Crippen LogP contribution in [0.3, 0.4) is 0 Å². The number of hydrogen-bond donors (Lipinski definition) is 3. The lowest BCUT2D eigenvalue weighted by molar-refractivity contribution is -0.973. The van der Waals surface area contributed by atoms with Crippen LogP contribution in [0.15, 0.2) is 35.7 Å². The summed E-state index contributed by atoms with van der Waals surface area (Å²) in [7, 11) is 0. The maximum absolute atomic E-state index is 5.63. The SMILES string of the molecule is Cc1cc(C)cc(NC(=S)NC2C[C@H]3CCC[C@@H](C2)[NH+]3Cc2cccs2)c1. The van der Waals surface area contributed by atoms with Gasteiger partial charge in [0.1, 0.15) is 6.54 Å². The van der Waals surface area contributed by atoms with Crippen LogP contribution in [0, 0.1) is 13.8 Å². The van der Waals surface area contributed by atoms with Gasteiger partial charge in [0.15, 0.2) is 5.11 Å². The Morgan fingerprint density at radius 3 is 2.48 bits per heavy atom. The van der Waals surface area contributed by atoms with Crippen molar-refractivity contribution in [2.24, 2.45) is 0 Å².